The SMILES string of the molecule is CCCCCCCCCCOc1cccc([C@@H]2C[C@H]2C(=O)N(CCOP(=O)(O)O)Cc2ccc(OC)cc2)c1.N. The van der Waals surface area contributed by atoms with Gasteiger partial charge in [0.2, 0.25) is 5.91 Å². The Kier molecular flexibility index (Phi) is 14.7. The second kappa shape index (κ2) is 17.4. The van der Waals surface area contributed by atoms with Gasteiger partial charge in [-0.3, -0.25) is 9.32 Å². The van der Waals surface area contributed by atoms with Gasteiger partial charge in [-0.1, -0.05) is 76.1 Å². The Labute approximate surface area is 239 Å². The number of nitrogens with zero attached hydrogens (tertiary/aromatic N) is 1. The van der Waals surface area contributed by atoms with E-state index in [9.17, 15) is 9.36 Å². The quantitative estimate of drug-likeness (QED) is 0.125. The van der Waals surface area contributed by atoms with Crippen LogP contribution in [0.2, 0.25) is 0 Å². The fourth-order valence-corrected chi connectivity index (χ4v) is 5.14. The lowest BCUT2D eigenvalue weighted by Crippen LogP contribution is -2.35. The van der Waals surface area contributed by atoms with Crippen molar-refractivity contribution in [3.8, 4) is 11.5 Å². The van der Waals surface area contributed by atoms with Crippen molar-refractivity contribution in [1.82, 2.24) is 11.1 Å². The molecule has 40 heavy (non-hydrogen) atoms. The molecule has 2 aromatic carbocycles. The predicted octanol–water partition coefficient (Wildman–Crippen LogP) is 6.62. The van der Waals surface area contributed by atoms with E-state index in [1.54, 1.807) is 12.0 Å². The fourth-order valence-electron chi connectivity index (χ4n) is 4.82. The van der Waals surface area contributed by atoms with Crippen LogP contribution in [0.1, 0.15) is 81.8 Å². The first-order valence-electron chi connectivity index (χ1n) is 14.1. The van der Waals surface area contributed by atoms with Gasteiger partial charge in [-0.15, -0.1) is 0 Å². The van der Waals surface area contributed by atoms with Gasteiger partial charge in [-0.25, -0.2) is 4.57 Å². The Hall–Kier alpha value is -2.42. The lowest BCUT2D eigenvalue weighted by atomic mass is 10.1. The van der Waals surface area contributed by atoms with E-state index in [0.717, 1.165) is 29.7 Å². The van der Waals surface area contributed by atoms with Crippen LogP contribution in [0, 0.1) is 5.92 Å². The third-order valence-corrected chi connectivity index (χ3v) is 7.64. The maximum Gasteiger partial charge on any atom is 0.469 e. The number of amides is 1. The molecule has 1 amide bonds. The van der Waals surface area contributed by atoms with Crippen LogP contribution in [0.4, 0.5) is 0 Å². The van der Waals surface area contributed by atoms with Crippen molar-refractivity contribution < 1.29 is 33.1 Å². The molecule has 3 rings (SSSR count). The molecule has 224 valence electrons. The number of ether oxygens (including phenoxy) is 2. The van der Waals surface area contributed by atoms with Gasteiger partial charge >= 0.3 is 7.82 Å². The highest BCUT2D eigenvalue weighted by Crippen LogP contribution is 2.49. The fraction of sp³-hybridized carbons (Fsp3) is 0.567. The summed E-state index contributed by atoms with van der Waals surface area (Å²) in [5, 5.41) is 0. The molecule has 9 nitrogen and oxygen atoms in total. The third kappa shape index (κ3) is 12.0. The van der Waals surface area contributed by atoms with Crippen LogP contribution in [0.15, 0.2) is 48.5 Å². The van der Waals surface area contributed by atoms with Crippen molar-refractivity contribution in [3.05, 3.63) is 59.7 Å². The van der Waals surface area contributed by atoms with Crippen LogP contribution in [0.5, 0.6) is 11.5 Å². The highest BCUT2D eigenvalue weighted by atomic mass is 31.2. The number of carbonyl (C=O) groups is 1. The van der Waals surface area contributed by atoms with Gasteiger partial charge in [0, 0.05) is 19.0 Å². The molecule has 10 heteroatoms. The van der Waals surface area contributed by atoms with Gasteiger partial charge < -0.3 is 30.3 Å². The summed E-state index contributed by atoms with van der Waals surface area (Å²) in [5.41, 5.74) is 1.98. The molecule has 5 N–H and O–H groups in total. The first kappa shape index (κ1) is 33.8. The van der Waals surface area contributed by atoms with Gasteiger partial charge in [-0.2, -0.15) is 0 Å². The van der Waals surface area contributed by atoms with Crippen LogP contribution in [0.25, 0.3) is 0 Å². The molecule has 0 unspecified atom stereocenters. The third-order valence-electron chi connectivity index (χ3n) is 7.13. The summed E-state index contributed by atoms with van der Waals surface area (Å²) in [7, 11) is -3.02. The summed E-state index contributed by atoms with van der Waals surface area (Å²) in [4.78, 5) is 33.2. The van der Waals surface area contributed by atoms with Crippen LogP contribution in [-0.4, -0.2) is 47.5 Å². The summed E-state index contributed by atoms with van der Waals surface area (Å²) in [6, 6.07) is 15.4. The van der Waals surface area contributed by atoms with E-state index in [1.807, 2.05) is 48.5 Å². The van der Waals surface area contributed by atoms with Gasteiger partial charge in [0.1, 0.15) is 11.5 Å². The van der Waals surface area contributed by atoms with Gasteiger partial charge in [0.25, 0.3) is 0 Å². The average Bonchev–Trinajstić information content (AvgIpc) is 3.72. The van der Waals surface area contributed by atoms with Crippen molar-refractivity contribution in [2.24, 2.45) is 5.92 Å². The maximum absolute atomic E-state index is 13.4. The summed E-state index contributed by atoms with van der Waals surface area (Å²) in [6.07, 6.45) is 10.8. The Balaban J connectivity index is 0.00000560. The molecule has 0 spiro atoms. The summed E-state index contributed by atoms with van der Waals surface area (Å²) >= 11 is 0. The number of hydrogen-bond acceptors (Lipinski definition) is 6. The zero-order valence-electron chi connectivity index (χ0n) is 24.0. The van der Waals surface area contributed by atoms with Crippen LogP contribution in [0.3, 0.4) is 0 Å². The molecule has 1 aliphatic carbocycles. The highest BCUT2D eigenvalue weighted by molar-refractivity contribution is 7.46. The molecule has 0 aromatic heterocycles. The van der Waals surface area contributed by atoms with E-state index in [-0.39, 0.29) is 37.0 Å². The molecule has 1 fully saturated rings. The Morgan fingerprint density at radius 3 is 2.27 bits per heavy atom. The number of benzene rings is 2. The number of phosphoric acid groups is 1. The van der Waals surface area contributed by atoms with E-state index in [2.05, 4.69) is 11.4 Å². The van der Waals surface area contributed by atoms with Crippen molar-refractivity contribution in [3.63, 3.8) is 0 Å². The normalized spacial score (nSPS) is 16.2. The van der Waals surface area contributed by atoms with Gasteiger partial charge in [0.05, 0.1) is 20.3 Å². The highest BCUT2D eigenvalue weighted by Gasteiger charge is 2.45. The summed E-state index contributed by atoms with van der Waals surface area (Å²) < 4.78 is 27.0. The second-order valence-corrected chi connectivity index (χ2v) is 11.5. The number of phosphoric ester groups is 1. The van der Waals surface area contributed by atoms with Crippen LogP contribution in [-0.2, 0) is 20.4 Å². The lowest BCUT2D eigenvalue weighted by Gasteiger charge is -2.23. The minimum Gasteiger partial charge on any atom is -0.497 e. The number of hydrogen-bond donors (Lipinski definition) is 3. The molecule has 1 saturated carbocycles. The van der Waals surface area contributed by atoms with Crippen molar-refractivity contribution >= 4 is 13.7 Å². The lowest BCUT2D eigenvalue weighted by molar-refractivity contribution is -0.133. The number of methoxy groups -OCH3 is 1. The molecule has 1 aliphatic rings. The largest absolute Gasteiger partial charge is 0.497 e. The first-order chi connectivity index (χ1) is 18.8. The van der Waals surface area contributed by atoms with Gasteiger partial charge in [0.15, 0.2) is 0 Å². The second-order valence-electron chi connectivity index (χ2n) is 10.3. The number of rotatable bonds is 19. The molecular weight excluding hydrogens is 531 g/mol. The van der Waals surface area contributed by atoms with Crippen molar-refractivity contribution in [1.29, 1.82) is 0 Å². The minimum absolute atomic E-state index is 0. The molecule has 2 aromatic rings. The summed E-state index contributed by atoms with van der Waals surface area (Å²) in [6.45, 7) is 3.09. The van der Waals surface area contributed by atoms with Crippen LogP contribution >= 0.6 is 7.82 Å². The molecule has 2 atom stereocenters. The first-order valence-corrected chi connectivity index (χ1v) is 15.7. The Morgan fingerprint density at radius 2 is 1.62 bits per heavy atom. The minimum atomic E-state index is -4.61. The van der Waals surface area contributed by atoms with E-state index in [1.165, 1.54) is 44.9 Å². The number of unbranched alkanes of at least 4 members (excludes halogenated alkanes) is 7. The smallest absolute Gasteiger partial charge is 0.469 e. The van der Waals surface area contributed by atoms with Gasteiger partial charge in [-0.05, 0) is 54.2 Å². The topological polar surface area (TPSA) is 141 Å². The Morgan fingerprint density at radius 1 is 0.950 bits per heavy atom. The van der Waals surface area contributed by atoms with Crippen LogP contribution < -0.4 is 15.6 Å². The van der Waals surface area contributed by atoms with E-state index in [0.29, 0.717) is 18.9 Å². The van der Waals surface area contributed by atoms with E-state index in [4.69, 9.17) is 19.3 Å². The monoisotopic (exact) mass is 578 g/mol. The standard InChI is InChI=1S/C30H44NO7P.H3N/c1-3-4-5-6-7-8-9-10-19-37-27-13-11-12-25(21-27)28-22-29(28)30(32)31(18-20-38-39(33,34)35)23-24-14-16-26(36-2)17-15-24;/h11-17,21,28-29H,3-10,18-20,22-23H2,1-2H3,(H2,33,34,35);1H3/t28-,29+;/m0./s1. The molecule has 0 aliphatic heterocycles. The maximum atomic E-state index is 13.4. The van der Waals surface area contributed by atoms with E-state index < -0.39 is 7.82 Å². The van der Waals surface area contributed by atoms with Crippen molar-refractivity contribution in [2.45, 2.75) is 77.2 Å². The number of carbonyl (C=O) groups excluding carboxylic acids is 1. The molecule has 0 heterocycles. The zero-order chi connectivity index (χ0) is 28.1. The Bertz CT molecular complexity index is 1060. The molecule has 0 radical (unpaired) electrons. The van der Waals surface area contributed by atoms with Crippen molar-refractivity contribution in [2.75, 3.05) is 26.9 Å². The summed E-state index contributed by atoms with van der Waals surface area (Å²) in [5.74, 6) is 1.42. The zero-order valence-corrected chi connectivity index (χ0v) is 24.9. The average molecular weight is 579 g/mol. The molecular formula is C30H47N2O7P. The molecule has 0 bridgehead atoms. The predicted molar refractivity (Wildman–Crippen MR) is 157 cm³/mol. The molecule has 0 saturated heterocycles. The van der Waals surface area contributed by atoms with E-state index >= 15 is 0 Å².